The van der Waals surface area contributed by atoms with Crippen molar-refractivity contribution in [3.05, 3.63) is 42.0 Å². The van der Waals surface area contributed by atoms with Gasteiger partial charge in [-0.05, 0) is 25.0 Å². The number of nitrogens with one attached hydrogen (secondary N) is 1. The molecule has 2 rings (SSSR count). The van der Waals surface area contributed by atoms with Crippen LogP contribution in [0.5, 0.6) is 0 Å². The van der Waals surface area contributed by atoms with Crippen molar-refractivity contribution >= 4 is 29.4 Å². The minimum Gasteiger partial charge on any atom is -0.324 e. The van der Waals surface area contributed by atoms with Crippen molar-refractivity contribution in [1.82, 2.24) is 9.80 Å². The van der Waals surface area contributed by atoms with E-state index in [0.717, 1.165) is 16.0 Å². The van der Waals surface area contributed by atoms with E-state index in [0.29, 0.717) is 10.6 Å². The lowest BCUT2D eigenvalue weighted by atomic mass is 10.1. The molecule has 1 saturated heterocycles. The van der Waals surface area contributed by atoms with Crippen LogP contribution in [0.1, 0.15) is 11.1 Å². The summed E-state index contributed by atoms with van der Waals surface area (Å²) in [6.45, 7) is 6.52. The number of carbonyl (C=O) groups is 4. The summed E-state index contributed by atoms with van der Waals surface area (Å²) in [6.07, 6.45) is 1.34. The second-order valence-electron chi connectivity index (χ2n) is 5.19. The van der Waals surface area contributed by atoms with Crippen molar-refractivity contribution in [2.24, 2.45) is 0 Å². The van der Waals surface area contributed by atoms with Gasteiger partial charge in [-0.15, -0.1) is 6.58 Å². The maximum Gasteiger partial charge on any atom is 0.335 e. The third kappa shape index (κ3) is 3.13. The molecule has 120 valence electrons. The standard InChI is InChI=1S/C16H17N3O4/c1-4-8-18-14(21)15(22)19(16(18)23)9-12(20)17-13-10(2)6-5-7-11(13)3/h4-7H,1,8-9H2,2-3H3,(H,17,20). The van der Waals surface area contributed by atoms with Crippen molar-refractivity contribution in [2.45, 2.75) is 13.8 Å². The average molecular weight is 315 g/mol. The van der Waals surface area contributed by atoms with Crippen molar-refractivity contribution < 1.29 is 19.2 Å². The molecule has 7 nitrogen and oxygen atoms in total. The maximum absolute atomic E-state index is 12.1. The number of hydrogen-bond acceptors (Lipinski definition) is 4. The van der Waals surface area contributed by atoms with E-state index in [1.54, 1.807) is 0 Å². The molecular formula is C16H17N3O4. The SMILES string of the molecule is C=CCN1C(=O)C(=O)N(CC(=O)Nc2c(C)cccc2C)C1=O. The molecule has 1 fully saturated rings. The zero-order valence-corrected chi connectivity index (χ0v) is 13.0. The monoisotopic (exact) mass is 315 g/mol. The molecule has 0 bridgehead atoms. The molecule has 1 aromatic carbocycles. The molecule has 0 aromatic heterocycles. The van der Waals surface area contributed by atoms with Crippen molar-refractivity contribution in [1.29, 1.82) is 0 Å². The van der Waals surface area contributed by atoms with Crippen LogP contribution in [0.25, 0.3) is 0 Å². The Hall–Kier alpha value is -2.96. The molecule has 1 N–H and O–H groups in total. The second-order valence-corrected chi connectivity index (χ2v) is 5.19. The Morgan fingerprint density at radius 1 is 1.13 bits per heavy atom. The molecule has 0 atom stereocenters. The predicted octanol–water partition coefficient (Wildman–Crippen LogP) is 1.22. The van der Waals surface area contributed by atoms with Crippen molar-refractivity contribution in [3.8, 4) is 0 Å². The van der Waals surface area contributed by atoms with Gasteiger partial charge in [0.25, 0.3) is 0 Å². The third-order valence-corrected chi connectivity index (χ3v) is 3.49. The zero-order valence-electron chi connectivity index (χ0n) is 13.0. The highest BCUT2D eigenvalue weighted by atomic mass is 16.2. The summed E-state index contributed by atoms with van der Waals surface area (Å²) in [5, 5.41) is 2.67. The normalized spacial score (nSPS) is 14.4. The predicted molar refractivity (Wildman–Crippen MR) is 83.6 cm³/mol. The fourth-order valence-corrected chi connectivity index (χ4v) is 2.31. The minimum absolute atomic E-state index is 0.0710. The minimum atomic E-state index is -1.01. The molecule has 1 aliphatic heterocycles. The maximum atomic E-state index is 12.1. The Morgan fingerprint density at radius 3 is 2.26 bits per heavy atom. The molecule has 0 aliphatic carbocycles. The first kappa shape index (κ1) is 16.4. The fourth-order valence-electron chi connectivity index (χ4n) is 2.31. The molecule has 23 heavy (non-hydrogen) atoms. The van der Waals surface area contributed by atoms with Crippen LogP contribution >= 0.6 is 0 Å². The molecule has 5 amide bonds. The first-order valence-electron chi connectivity index (χ1n) is 7.01. The highest BCUT2D eigenvalue weighted by molar-refractivity contribution is 6.45. The number of amides is 5. The van der Waals surface area contributed by atoms with Crippen LogP contribution in [-0.2, 0) is 14.4 Å². The second kappa shape index (κ2) is 6.43. The highest BCUT2D eigenvalue weighted by Gasteiger charge is 2.44. The van der Waals surface area contributed by atoms with E-state index in [1.807, 2.05) is 32.0 Å². The van der Waals surface area contributed by atoms with Crippen LogP contribution in [0.4, 0.5) is 10.5 Å². The van der Waals surface area contributed by atoms with E-state index in [-0.39, 0.29) is 6.54 Å². The number of hydrogen-bond donors (Lipinski definition) is 1. The van der Waals surface area contributed by atoms with Crippen LogP contribution in [0.3, 0.4) is 0 Å². The van der Waals surface area contributed by atoms with E-state index in [4.69, 9.17) is 0 Å². The molecule has 1 aliphatic rings. The summed E-state index contributed by atoms with van der Waals surface area (Å²) in [7, 11) is 0. The van der Waals surface area contributed by atoms with Gasteiger partial charge in [-0.1, -0.05) is 24.3 Å². The van der Waals surface area contributed by atoms with E-state index in [9.17, 15) is 19.2 Å². The van der Waals surface area contributed by atoms with E-state index in [1.165, 1.54) is 6.08 Å². The molecule has 1 heterocycles. The van der Waals surface area contributed by atoms with Gasteiger partial charge < -0.3 is 5.32 Å². The summed E-state index contributed by atoms with van der Waals surface area (Å²) in [5.41, 5.74) is 2.36. The Balaban J connectivity index is 2.11. The fraction of sp³-hybridized carbons (Fsp3) is 0.250. The van der Waals surface area contributed by atoms with Crippen LogP contribution in [0, 0.1) is 13.8 Å². The number of nitrogens with zero attached hydrogens (tertiary/aromatic N) is 2. The van der Waals surface area contributed by atoms with Gasteiger partial charge in [0.05, 0.1) is 0 Å². The average Bonchev–Trinajstić information content (AvgIpc) is 2.69. The molecule has 0 saturated carbocycles. The van der Waals surface area contributed by atoms with E-state index in [2.05, 4.69) is 11.9 Å². The number of imide groups is 2. The third-order valence-electron chi connectivity index (χ3n) is 3.49. The van der Waals surface area contributed by atoms with Gasteiger partial charge in [0.2, 0.25) is 5.91 Å². The Kier molecular flexibility index (Phi) is 4.59. The Bertz CT molecular complexity index is 691. The van der Waals surface area contributed by atoms with Crippen molar-refractivity contribution in [3.63, 3.8) is 0 Å². The largest absolute Gasteiger partial charge is 0.335 e. The van der Waals surface area contributed by atoms with Gasteiger partial charge in [0.15, 0.2) is 0 Å². The quantitative estimate of drug-likeness (QED) is 0.503. The molecule has 0 radical (unpaired) electrons. The molecule has 0 unspecified atom stereocenters. The smallest absolute Gasteiger partial charge is 0.324 e. The summed E-state index contributed by atoms with van der Waals surface area (Å²) < 4.78 is 0. The first-order valence-corrected chi connectivity index (χ1v) is 7.01. The number of benzene rings is 1. The molecular weight excluding hydrogens is 298 g/mol. The topological polar surface area (TPSA) is 86.8 Å². The lowest BCUT2D eigenvalue weighted by Crippen LogP contribution is -2.39. The number of aryl methyl sites for hydroxylation is 2. The van der Waals surface area contributed by atoms with E-state index < -0.39 is 30.3 Å². The molecule has 1 aromatic rings. The van der Waals surface area contributed by atoms with Gasteiger partial charge in [-0.3, -0.25) is 19.3 Å². The van der Waals surface area contributed by atoms with Crippen LogP contribution in [0.15, 0.2) is 30.9 Å². The molecule has 0 spiro atoms. The van der Waals surface area contributed by atoms with Gasteiger partial charge in [0, 0.05) is 12.2 Å². The number of anilines is 1. The lowest BCUT2D eigenvalue weighted by molar-refractivity contribution is -0.143. The van der Waals surface area contributed by atoms with Gasteiger partial charge in [-0.25, -0.2) is 9.69 Å². The zero-order chi connectivity index (χ0) is 17.1. The Morgan fingerprint density at radius 2 is 1.70 bits per heavy atom. The van der Waals surface area contributed by atoms with Gasteiger partial charge in [0.1, 0.15) is 6.54 Å². The molecule has 7 heteroatoms. The van der Waals surface area contributed by atoms with E-state index >= 15 is 0 Å². The van der Waals surface area contributed by atoms with Crippen molar-refractivity contribution in [2.75, 3.05) is 18.4 Å². The van der Waals surface area contributed by atoms with Crippen LogP contribution < -0.4 is 5.32 Å². The number of para-hydroxylation sites is 1. The first-order chi connectivity index (χ1) is 10.9. The highest BCUT2D eigenvalue weighted by Crippen LogP contribution is 2.19. The van der Waals surface area contributed by atoms with Crippen LogP contribution in [0.2, 0.25) is 0 Å². The number of carbonyl (C=O) groups excluding carboxylic acids is 4. The number of rotatable bonds is 5. The summed E-state index contributed by atoms with van der Waals surface area (Å²) in [5.74, 6) is -2.50. The van der Waals surface area contributed by atoms with Gasteiger partial charge >= 0.3 is 17.8 Å². The van der Waals surface area contributed by atoms with Crippen LogP contribution in [-0.4, -0.2) is 46.6 Å². The van der Waals surface area contributed by atoms with Gasteiger partial charge in [-0.2, -0.15) is 0 Å². The lowest BCUT2D eigenvalue weighted by Gasteiger charge is -2.15. The summed E-state index contributed by atoms with van der Waals surface area (Å²) in [4.78, 5) is 49.1. The Labute approximate surface area is 133 Å². The number of urea groups is 1. The summed E-state index contributed by atoms with van der Waals surface area (Å²) in [6, 6.07) is 4.73. The summed E-state index contributed by atoms with van der Waals surface area (Å²) >= 11 is 0.